The van der Waals surface area contributed by atoms with Crippen LogP contribution in [0.2, 0.25) is 0 Å². The number of nitro benzene ring substituents is 1. The van der Waals surface area contributed by atoms with Gasteiger partial charge in [-0.15, -0.1) is 12.4 Å². The number of hydrogen-bond acceptors (Lipinski definition) is 3. The predicted octanol–water partition coefficient (Wildman–Crippen LogP) is 2.29. The molecule has 0 amide bonds. The lowest BCUT2D eigenvalue weighted by atomic mass is 10.0. The Morgan fingerprint density at radius 3 is 2.86 bits per heavy atom. The minimum Gasteiger partial charge on any atom is -0.384 e. The summed E-state index contributed by atoms with van der Waals surface area (Å²) in [6, 6.07) is 3.35. The van der Waals surface area contributed by atoms with E-state index in [0.717, 1.165) is 29.8 Å². The molecule has 1 aliphatic rings. The first-order valence-corrected chi connectivity index (χ1v) is 4.21. The number of fused-ring (bicyclic) bond motifs is 1. The third kappa shape index (κ3) is 1.53. The van der Waals surface area contributed by atoms with E-state index >= 15 is 0 Å². The minimum absolute atomic E-state index is 0. The van der Waals surface area contributed by atoms with Crippen molar-refractivity contribution in [3.05, 3.63) is 33.4 Å². The molecule has 2 rings (SSSR count). The highest BCUT2D eigenvalue weighted by atomic mass is 35.5. The van der Waals surface area contributed by atoms with Crippen LogP contribution in [0.25, 0.3) is 0 Å². The van der Waals surface area contributed by atoms with E-state index in [1.54, 1.807) is 12.1 Å². The quantitative estimate of drug-likeness (QED) is 0.577. The molecule has 4 nitrogen and oxygen atoms in total. The Morgan fingerprint density at radius 2 is 2.21 bits per heavy atom. The predicted molar refractivity (Wildman–Crippen MR) is 57.3 cm³/mol. The first-order valence-electron chi connectivity index (χ1n) is 4.21. The maximum atomic E-state index is 10.6. The van der Waals surface area contributed by atoms with Gasteiger partial charge >= 0.3 is 0 Å². The average molecular weight is 215 g/mol. The fraction of sp³-hybridized carbons (Fsp3) is 0.333. The monoisotopic (exact) mass is 214 g/mol. The van der Waals surface area contributed by atoms with Crippen LogP contribution in [0.1, 0.15) is 11.1 Å². The third-order valence-corrected chi connectivity index (χ3v) is 2.46. The van der Waals surface area contributed by atoms with E-state index < -0.39 is 0 Å². The molecule has 0 fully saturated rings. The van der Waals surface area contributed by atoms with Crippen molar-refractivity contribution in [2.24, 2.45) is 0 Å². The molecule has 0 bridgehead atoms. The number of nitrogens with one attached hydrogen (secondary N) is 1. The maximum absolute atomic E-state index is 10.6. The number of halogens is 1. The molecule has 0 unspecified atom stereocenters. The molecule has 5 heteroatoms. The summed E-state index contributed by atoms with van der Waals surface area (Å²) < 4.78 is 0. The molecule has 0 saturated carbocycles. The van der Waals surface area contributed by atoms with E-state index in [9.17, 15) is 10.1 Å². The summed E-state index contributed by atoms with van der Waals surface area (Å²) in [4.78, 5) is 10.3. The van der Waals surface area contributed by atoms with Gasteiger partial charge in [0.05, 0.1) is 4.92 Å². The Bertz CT molecular complexity index is 379. The normalized spacial score (nSPS) is 12.6. The minimum atomic E-state index is -0.325. The average Bonchev–Trinajstić information content (AvgIpc) is 2.52. The molecule has 0 radical (unpaired) electrons. The standard InChI is InChI=1S/C9H10N2O2.ClH/c1-6-7-4-5-10-8(7)2-3-9(6)11(12)13;/h2-3,10H,4-5H2,1H3;1H. The molecule has 1 heterocycles. The molecule has 1 aromatic carbocycles. The molecule has 0 atom stereocenters. The molecule has 0 spiro atoms. The molecule has 1 aromatic rings. The van der Waals surface area contributed by atoms with Crippen molar-refractivity contribution >= 4 is 23.8 Å². The van der Waals surface area contributed by atoms with Crippen molar-refractivity contribution in [3.63, 3.8) is 0 Å². The van der Waals surface area contributed by atoms with Crippen molar-refractivity contribution in [1.29, 1.82) is 0 Å². The lowest BCUT2D eigenvalue weighted by Gasteiger charge is -2.03. The zero-order valence-corrected chi connectivity index (χ0v) is 8.56. The second-order valence-electron chi connectivity index (χ2n) is 3.17. The second-order valence-corrected chi connectivity index (χ2v) is 3.17. The van der Waals surface area contributed by atoms with Crippen LogP contribution < -0.4 is 5.32 Å². The summed E-state index contributed by atoms with van der Waals surface area (Å²) in [5, 5.41) is 13.8. The highest BCUT2D eigenvalue weighted by Gasteiger charge is 2.19. The molecule has 76 valence electrons. The summed E-state index contributed by atoms with van der Waals surface area (Å²) in [7, 11) is 0. The SMILES string of the molecule is Cc1c([N+](=O)[O-])ccc2c1CCN2.Cl. The third-order valence-electron chi connectivity index (χ3n) is 2.46. The lowest BCUT2D eigenvalue weighted by molar-refractivity contribution is -0.385. The van der Waals surface area contributed by atoms with Crippen molar-refractivity contribution in [2.45, 2.75) is 13.3 Å². The molecular weight excluding hydrogens is 204 g/mol. The van der Waals surface area contributed by atoms with Gasteiger partial charge in [0, 0.05) is 23.9 Å². The first-order chi connectivity index (χ1) is 6.20. The molecule has 0 saturated heterocycles. The van der Waals surface area contributed by atoms with Gasteiger partial charge in [0.1, 0.15) is 0 Å². The van der Waals surface area contributed by atoms with Gasteiger partial charge in [-0.05, 0) is 25.0 Å². The van der Waals surface area contributed by atoms with Crippen LogP contribution in [-0.2, 0) is 6.42 Å². The van der Waals surface area contributed by atoms with Crippen LogP contribution in [0.5, 0.6) is 0 Å². The topological polar surface area (TPSA) is 55.2 Å². The summed E-state index contributed by atoms with van der Waals surface area (Å²) >= 11 is 0. The summed E-state index contributed by atoms with van der Waals surface area (Å²) in [5.74, 6) is 0. The zero-order valence-electron chi connectivity index (χ0n) is 7.74. The van der Waals surface area contributed by atoms with Gasteiger partial charge in [0.2, 0.25) is 0 Å². The number of nitro groups is 1. The van der Waals surface area contributed by atoms with Gasteiger partial charge in [-0.1, -0.05) is 0 Å². The molecule has 14 heavy (non-hydrogen) atoms. The van der Waals surface area contributed by atoms with Crippen LogP contribution >= 0.6 is 12.4 Å². The Labute approximate surface area is 87.9 Å². The van der Waals surface area contributed by atoms with Crippen LogP contribution in [0.4, 0.5) is 11.4 Å². The number of rotatable bonds is 1. The molecule has 1 aliphatic heterocycles. The largest absolute Gasteiger partial charge is 0.384 e. The van der Waals surface area contributed by atoms with Gasteiger partial charge in [0.15, 0.2) is 0 Å². The fourth-order valence-corrected chi connectivity index (χ4v) is 1.75. The Hall–Kier alpha value is -1.29. The van der Waals surface area contributed by atoms with E-state index in [0.29, 0.717) is 0 Å². The molecule has 0 aliphatic carbocycles. The van der Waals surface area contributed by atoms with Crippen molar-refractivity contribution in [2.75, 3.05) is 11.9 Å². The highest BCUT2D eigenvalue weighted by molar-refractivity contribution is 5.85. The second kappa shape index (κ2) is 3.84. The van der Waals surface area contributed by atoms with Gasteiger partial charge in [-0.3, -0.25) is 10.1 Å². The zero-order chi connectivity index (χ0) is 9.42. The van der Waals surface area contributed by atoms with Crippen molar-refractivity contribution in [3.8, 4) is 0 Å². The smallest absolute Gasteiger partial charge is 0.272 e. The summed E-state index contributed by atoms with van der Waals surface area (Å²) in [6.45, 7) is 2.70. The van der Waals surface area contributed by atoms with Gasteiger partial charge in [-0.2, -0.15) is 0 Å². The van der Waals surface area contributed by atoms with Gasteiger partial charge < -0.3 is 5.32 Å². The van der Waals surface area contributed by atoms with Crippen LogP contribution in [0.3, 0.4) is 0 Å². The Balaban J connectivity index is 0.000000980. The molecule has 0 aromatic heterocycles. The fourth-order valence-electron chi connectivity index (χ4n) is 1.75. The van der Waals surface area contributed by atoms with E-state index in [-0.39, 0.29) is 23.0 Å². The lowest BCUT2D eigenvalue weighted by Crippen LogP contribution is -1.94. The summed E-state index contributed by atoms with van der Waals surface area (Å²) in [6.07, 6.45) is 0.892. The van der Waals surface area contributed by atoms with Crippen LogP contribution in [-0.4, -0.2) is 11.5 Å². The van der Waals surface area contributed by atoms with Crippen molar-refractivity contribution in [1.82, 2.24) is 0 Å². The van der Waals surface area contributed by atoms with Crippen LogP contribution in [0.15, 0.2) is 12.1 Å². The maximum Gasteiger partial charge on any atom is 0.272 e. The number of benzene rings is 1. The Morgan fingerprint density at radius 1 is 1.50 bits per heavy atom. The summed E-state index contributed by atoms with van der Waals surface area (Å²) in [5.41, 5.74) is 3.16. The molecular formula is C9H11ClN2O2. The van der Waals surface area contributed by atoms with E-state index in [4.69, 9.17) is 0 Å². The molecule has 1 N–H and O–H groups in total. The Kier molecular flexibility index (Phi) is 2.96. The van der Waals surface area contributed by atoms with E-state index in [1.165, 1.54) is 0 Å². The van der Waals surface area contributed by atoms with Crippen molar-refractivity contribution < 1.29 is 4.92 Å². The van der Waals surface area contributed by atoms with E-state index in [2.05, 4.69) is 5.32 Å². The number of anilines is 1. The van der Waals surface area contributed by atoms with Gasteiger partial charge in [-0.25, -0.2) is 0 Å². The van der Waals surface area contributed by atoms with E-state index in [1.807, 2.05) is 6.92 Å². The first kappa shape index (κ1) is 10.8. The van der Waals surface area contributed by atoms with Gasteiger partial charge in [0.25, 0.3) is 5.69 Å². The number of hydrogen-bond donors (Lipinski definition) is 1. The number of nitrogens with zero attached hydrogens (tertiary/aromatic N) is 1. The highest BCUT2D eigenvalue weighted by Crippen LogP contribution is 2.31. The van der Waals surface area contributed by atoms with Crippen LogP contribution in [0, 0.1) is 17.0 Å².